The predicted molar refractivity (Wildman–Crippen MR) is 93.5 cm³/mol. The number of nitrogens with two attached hydrogens (primary N) is 1. The van der Waals surface area contributed by atoms with Crippen LogP contribution in [0.1, 0.15) is 5.56 Å². The van der Waals surface area contributed by atoms with Crippen LogP contribution in [-0.4, -0.2) is 35.3 Å². The predicted octanol–water partition coefficient (Wildman–Crippen LogP) is 1.95. The van der Waals surface area contributed by atoms with Crippen LogP contribution in [0, 0.1) is 5.82 Å². The molecule has 0 amide bonds. The first-order chi connectivity index (χ1) is 11.9. The molecule has 0 spiro atoms. The molecule has 2 aromatic rings. The van der Waals surface area contributed by atoms with Crippen molar-refractivity contribution in [3.05, 3.63) is 53.8 Å². The van der Waals surface area contributed by atoms with Gasteiger partial charge in [0.05, 0.1) is 6.61 Å². The SMILES string of the molecule is COCCOc1ccc(F)cc1S(=O)(=O)NCCc1ccc(N)cc1. The summed E-state index contributed by atoms with van der Waals surface area (Å²) in [5, 5.41) is 0. The summed E-state index contributed by atoms with van der Waals surface area (Å²) in [7, 11) is -2.40. The zero-order valence-corrected chi connectivity index (χ0v) is 14.7. The molecule has 8 heteroatoms. The van der Waals surface area contributed by atoms with Gasteiger partial charge >= 0.3 is 0 Å². The molecular formula is C17H21FN2O4S. The maximum absolute atomic E-state index is 13.5. The second kappa shape index (κ2) is 8.80. The van der Waals surface area contributed by atoms with Gasteiger partial charge in [0.25, 0.3) is 0 Å². The monoisotopic (exact) mass is 368 g/mol. The van der Waals surface area contributed by atoms with Crippen molar-refractivity contribution >= 4 is 15.7 Å². The van der Waals surface area contributed by atoms with Gasteiger partial charge in [0.15, 0.2) is 0 Å². The molecule has 25 heavy (non-hydrogen) atoms. The van der Waals surface area contributed by atoms with E-state index in [9.17, 15) is 12.8 Å². The van der Waals surface area contributed by atoms with E-state index in [0.717, 1.165) is 17.7 Å². The van der Waals surface area contributed by atoms with Crippen LogP contribution in [0.5, 0.6) is 5.75 Å². The maximum atomic E-state index is 13.5. The van der Waals surface area contributed by atoms with Gasteiger partial charge in [0.2, 0.25) is 10.0 Å². The molecule has 0 aliphatic carbocycles. The van der Waals surface area contributed by atoms with Crippen molar-refractivity contribution < 1.29 is 22.3 Å². The third-order valence-electron chi connectivity index (χ3n) is 3.43. The van der Waals surface area contributed by atoms with Crippen molar-refractivity contribution in [3.63, 3.8) is 0 Å². The number of halogens is 1. The van der Waals surface area contributed by atoms with E-state index in [4.69, 9.17) is 15.2 Å². The first-order valence-electron chi connectivity index (χ1n) is 7.68. The molecule has 136 valence electrons. The second-order valence-corrected chi connectivity index (χ2v) is 7.06. The molecule has 0 atom stereocenters. The Morgan fingerprint density at radius 1 is 1.12 bits per heavy atom. The average molecular weight is 368 g/mol. The summed E-state index contributed by atoms with van der Waals surface area (Å²) >= 11 is 0. The quantitative estimate of drug-likeness (QED) is 0.522. The van der Waals surface area contributed by atoms with Crippen molar-refractivity contribution in [1.29, 1.82) is 0 Å². The van der Waals surface area contributed by atoms with Crippen molar-refractivity contribution in [2.24, 2.45) is 0 Å². The maximum Gasteiger partial charge on any atom is 0.244 e. The molecule has 0 saturated carbocycles. The third kappa shape index (κ3) is 5.70. The highest BCUT2D eigenvalue weighted by Crippen LogP contribution is 2.24. The first-order valence-corrected chi connectivity index (χ1v) is 9.16. The highest BCUT2D eigenvalue weighted by atomic mass is 32.2. The van der Waals surface area contributed by atoms with Gasteiger partial charge in [0.1, 0.15) is 23.1 Å². The Bertz CT molecular complexity index is 795. The minimum absolute atomic E-state index is 0.0819. The standard InChI is InChI=1S/C17H21FN2O4S/c1-23-10-11-24-16-7-4-14(18)12-17(16)25(21,22)20-9-8-13-2-5-15(19)6-3-13/h2-7,12,20H,8-11,19H2,1H3. The van der Waals surface area contributed by atoms with Crippen molar-refractivity contribution in [1.82, 2.24) is 4.72 Å². The Kier molecular flexibility index (Phi) is 6.74. The zero-order chi connectivity index (χ0) is 18.3. The normalized spacial score (nSPS) is 11.4. The van der Waals surface area contributed by atoms with Gasteiger partial charge in [-0.2, -0.15) is 0 Å². The highest BCUT2D eigenvalue weighted by Gasteiger charge is 2.20. The van der Waals surface area contributed by atoms with Gasteiger partial charge in [-0.15, -0.1) is 0 Å². The summed E-state index contributed by atoms with van der Waals surface area (Å²) in [5.74, 6) is -0.573. The van der Waals surface area contributed by atoms with Crippen LogP contribution in [0.15, 0.2) is 47.4 Å². The molecular weight excluding hydrogens is 347 g/mol. The Morgan fingerprint density at radius 2 is 1.84 bits per heavy atom. The van der Waals surface area contributed by atoms with Gasteiger partial charge < -0.3 is 15.2 Å². The van der Waals surface area contributed by atoms with E-state index in [1.165, 1.54) is 13.2 Å². The molecule has 0 saturated heterocycles. The molecule has 0 aliphatic rings. The average Bonchev–Trinajstić information content (AvgIpc) is 2.58. The Morgan fingerprint density at radius 3 is 2.52 bits per heavy atom. The molecule has 0 fully saturated rings. The number of hydrogen-bond donors (Lipinski definition) is 2. The molecule has 0 aliphatic heterocycles. The Labute approximate surface area is 146 Å². The number of ether oxygens (including phenoxy) is 2. The van der Waals surface area contributed by atoms with Crippen LogP contribution in [0.3, 0.4) is 0 Å². The fourth-order valence-electron chi connectivity index (χ4n) is 2.14. The minimum Gasteiger partial charge on any atom is -0.490 e. The van der Waals surface area contributed by atoms with Gasteiger partial charge in [-0.3, -0.25) is 0 Å². The number of nitrogens with one attached hydrogen (secondary N) is 1. The molecule has 2 aromatic carbocycles. The number of methoxy groups -OCH3 is 1. The largest absolute Gasteiger partial charge is 0.490 e. The van der Waals surface area contributed by atoms with Gasteiger partial charge in [-0.25, -0.2) is 17.5 Å². The Balaban J connectivity index is 2.07. The molecule has 0 bridgehead atoms. The molecule has 0 heterocycles. The number of benzene rings is 2. The van der Waals surface area contributed by atoms with Crippen LogP contribution in [0.2, 0.25) is 0 Å². The molecule has 2 rings (SSSR count). The van der Waals surface area contributed by atoms with Crippen molar-refractivity contribution in [3.8, 4) is 5.75 Å². The van der Waals surface area contributed by atoms with Crippen LogP contribution in [-0.2, 0) is 21.2 Å². The van der Waals surface area contributed by atoms with Crippen LogP contribution >= 0.6 is 0 Å². The first kappa shape index (κ1) is 19.2. The van der Waals surface area contributed by atoms with Gasteiger partial charge in [0, 0.05) is 19.3 Å². The van der Waals surface area contributed by atoms with Crippen LogP contribution < -0.4 is 15.2 Å². The topological polar surface area (TPSA) is 90.6 Å². The lowest BCUT2D eigenvalue weighted by molar-refractivity contribution is 0.144. The third-order valence-corrected chi connectivity index (χ3v) is 4.91. The van der Waals surface area contributed by atoms with Crippen LogP contribution in [0.25, 0.3) is 0 Å². The van der Waals surface area contributed by atoms with Crippen LogP contribution in [0.4, 0.5) is 10.1 Å². The molecule has 6 nitrogen and oxygen atoms in total. The lowest BCUT2D eigenvalue weighted by atomic mass is 10.1. The highest BCUT2D eigenvalue weighted by molar-refractivity contribution is 7.89. The van der Waals surface area contributed by atoms with E-state index in [2.05, 4.69) is 4.72 Å². The van der Waals surface area contributed by atoms with E-state index in [-0.39, 0.29) is 23.8 Å². The van der Waals surface area contributed by atoms with Crippen molar-refractivity contribution in [2.45, 2.75) is 11.3 Å². The minimum atomic E-state index is -3.91. The number of anilines is 1. The smallest absolute Gasteiger partial charge is 0.244 e. The molecule has 0 unspecified atom stereocenters. The van der Waals surface area contributed by atoms with E-state index >= 15 is 0 Å². The Hall–Kier alpha value is -2.16. The summed E-state index contributed by atoms with van der Waals surface area (Å²) in [6.45, 7) is 0.623. The molecule has 0 radical (unpaired) electrons. The summed E-state index contributed by atoms with van der Waals surface area (Å²) in [4.78, 5) is -0.235. The van der Waals surface area contributed by atoms with Gasteiger partial charge in [-0.1, -0.05) is 12.1 Å². The fraction of sp³-hybridized carbons (Fsp3) is 0.294. The summed E-state index contributed by atoms with van der Waals surface area (Å²) in [5.41, 5.74) is 7.19. The number of nitrogen functional groups attached to an aromatic ring is 1. The van der Waals surface area contributed by atoms with E-state index in [1.807, 2.05) is 12.1 Å². The summed E-state index contributed by atoms with van der Waals surface area (Å²) in [6, 6.07) is 10.5. The molecule has 3 N–H and O–H groups in total. The number of hydrogen-bond acceptors (Lipinski definition) is 5. The lowest BCUT2D eigenvalue weighted by Crippen LogP contribution is -2.26. The lowest BCUT2D eigenvalue weighted by Gasteiger charge is -2.13. The summed E-state index contributed by atoms with van der Waals surface area (Å²) < 4.78 is 51.1. The van der Waals surface area contributed by atoms with E-state index in [0.29, 0.717) is 18.7 Å². The van der Waals surface area contributed by atoms with Gasteiger partial charge in [-0.05, 0) is 42.3 Å². The number of rotatable bonds is 9. The fourth-order valence-corrected chi connectivity index (χ4v) is 3.32. The second-order valence-electron chi connectivity index (χ2n) is 5.32. The van der Waals surface area contributed by atoms with E-state index < -0.39 is 15.8 Å². The van der Waals surface area contributed by atoms with Crippen molar-refractivity contribution in [2.75, 3.05) is 32.6 Å². The summed E-state index contributed by atoms with van der Waals surface area (Å²) in [6.07, 6.45) is 0.481. The van der Waals surface area contributed by atoms with E-state index in [1.54, 1.807) is 12.1 Å². The molecule has 0 aromatic heterocycles. The zero-order valence-electron chi connectivity index (χ0n) is 13.9. The number of sulfonamides is 1.